The van der Waals surface area contributed by atoms with Crippen molar-refractivity contribution in [3.63, 3.8) is 0 Å². The van der Waals surface area contributed by atoms with Crippen molar-refractivity contribution >= 4 is 11.6 Å². The summed E-state index contributed by atoms with van der Waals surface area (Å²) in [7, 11) is 0. The first kappa shape index (κ1) is 19.8. The topological polar surface area (TPSA) is 47.6 Å². The SMILES string of the molecule is CCCCCCOc1cccc(NC(=O)C(C)Oc2cccc(C)c2)c1. The highest BCUT2D eigenvalue weighted by atomic mass is 16.5. The molecule has 0 bridgehead atoms. The normalized spacial score (nSPS) is 11.7. The van der Waals surface area contributed by atoms with Crippen LogP contribution in [0.3, 0.4) is 0 Å². The molecule has 0 aliphatic heterocycles. The summed E-state index contributed by atoms with van der Waals surface area (Å²) in [6.07, 6.45) is 4.09. The van der Waals surface area contributed by atoms with E-state index in [2.05, 4.69) is 12.2 Å². The molecule has 0 radical (unpaired) electrons. The highest BCUT2D eigenvalue weighted by Crippen LogP contribution is 2.19. The molecule has 0 aliphatic carbocycles. The second-order valence-corrected chi connectivity index (χ2v) is 6.50. The first-order valence-corrected chi connectivity index (χ1v) is 9.35. The predicted octanol–water partition coefficient (Wildman–Crippen LogP) is 5.36. The van der Waals surface area contributed by atoms with Crippen LogP contribution in [0.1, 0.15) is 45.1 Å². The Balaban J connectivity index is 1.84. The van der Waals surface area contributed by atoms with Gasteiger partial charge in [0.05, 0.1) is 6.61 Å². The van der Waals surface area contributed by atoms with Gasteiger partial charge in [0.15, 0.2) is 6.10 Å². The van der Waals surface area contributed by atoms with E-state index in [9.17, 15) is 4.79 Å². The van der Waals surface area contributed by atoms with E-state index in [1.54, 1.807) is 6.92 Å². The van der Waals surface area contributed by atoms with Gasteiger partial charge in [-0.3, -0.25) is 4.79 Å². The summed E-state index contributed by atoms with van der Waals surface area (Å²) in [4.78, 5) is 12.4. The minimum absolute atomic E-state index is 0.188. The molecule has 0 aromatic heterocycles. The number of nitrogens with one attached hydrogen (secondary N) is 1. The number of aryl methyl sites for hydroxylation is 1. The minimum atomic E-state index is -0.588. The van der Waals surface area contributed by atoms with E-state index in [1.165, 1.54) is 19.3 Å². The number of rotatable bonds is 10. The molecule has 0 saturated carbocycles. The Bertz CT molecular complexity index is 699. The van der Waals surface area contributed by atoms with Crippen LogP contribution < -0.4 is 14.8 Å². The predicted molar refractivity (Wildman–Crippen MR) is 106 cm³/mol. The average Bonchev–Trinajstić information content (AvgIpc) is 2.62. The van der Waals surface area contributed by atoms with Crippen molar-refractivity contribution in [2.45, 2.75) is 52.6 Å². The summed E-state index contributed by atoms with van der Waals surface area (Å²) >= 11 is 0. The fourth-order valence-corrected chi connectivity index (χ4v) is 2.57. The van der Waals surface area contributed by atoms with Crippen LogP contribution in [-0.2, 0) is 4.79 Å². The number of carbonyl (C=O) groups excluding carboxylic acids is 1. The summed E-state index contributed by atoms with van der Waals surface area (Å²) in [5, 5.41) is 2.88. The van der Waals surface area contributed by atoms with E-state index >= 15 is 0 Å². The molecule has 4 nitrogen and oxygen atoms in total. The van der Waals surface area contributed by atoms with E-state index < -0.39 is 6.10 Å². The van der Waals surface area contributed by atoms with Crippen molar-refractivity contribution in [3.05, 3.63) is 54.1 Å². The van der Waals surface area contributed by atoms with Gasteiger partial charge in [0.25, 0.3) is 5.91 Å². The molecule has 2 rings (SSSR count). The van der Waals surface area contributed by atoms with Gasteiger partial charge in [0, 0.05) is 11.8 Å². The molecule has 4 heteroatoms. The smallest absolute Gasteiger partial charge is 0.265 e. The molecule has 1 amide bonds. The molecule has 0 saturated heterocycles. The van der Waals surface area contributed by atoms with E-state index in [0.29, 0.717) is 18.0 Å². The number of benzene rings is 2. The Morgan fingerprint density at radius 3 is 2.58 bits per heavy atom. The zero-order valence-electron chi connectivity index (χ0n) is 16.0. The summed E-state index contributed by atoms with van der Waals surface area (Å²) in [6, 6.07) is 15.1. The molecular weight excluding hydrogens is 326 g/mol. The summed E-state index contributed by atoms with van der Waals surface area (Å²) in [5.74, 6) is 1.27. The van der Waals surface area contributed by atoms with Crippen molar-refractivity contribution in [1.82, 2.24) is 0 Å². The van der Waals surface area contributed by atoms with Gasteiger partial charge in [-0.05, 0) is 50.1 Å². The molecular formula is C22H29NO3. The Morgan fingerprint density at radius 2 is 1.81 bits per heavy atom. The van der Waals surface area contributed by atoms with Crippen LogP contribution in [0.4, 0.5) is 5.69 Å². The van der Waals surface area contributed by atoms with Gasteiger partial charge >= 0.3 is 0 Å². The lowest BCUT2D eigenvalue weighted by Crippen LogP contribution is -2.30. The van der Waals surface area contributed by atoms with Crippen LogP contribution in [0.5, 0.6) is 11.5 Å². The number of ether oxygens (including phenoxy) is 2. The number of hydrogen-bond donors (Lipinski definition) is 1. The molecule has 1 unspecified atom stereocenters. The van der Waals surface area contributed by atoms with Gasteiger partial charge in [-0.2, -0.15) is 0 Å². The van der Waals surface area contributed by atoms with Gasteiger partial charge in [-0.15, -0.1) is 0 Å². The van der Waals surface area contributed by atoms with Crippen LogP contribution in [0, 0.1) is 6.92 Å². The van der Waals surface area contributed by atoms with Gasteiger partial charge in [-0.25, -0.2) is 0 Å². The third-order valence-corrected chi connectivity index (χ3v) is 4.04. The zero-order valence-corrected chi connectivity index (χ0v) is 16.0. The second-order valence-electron chi connectivity index (χ2n) is 6.50. The summed E-state index contributed by atoms with van der Waals surface area (Å²) in [5.41, 5.74) is 1.81. The van der Waals surface area contributed by atoms with Crippen LogP contribution >= 0.6 is 0 Å². The fourth-order valence-electron chi connectivity index (χ4n) is 2.57. The number of unbranched alkanes of at least 4 members (excludes halogenated alkanes) is 3. The van der Waals surface area contributed by atoms with Gasteiger partial charge in [-0.1, -0.05) is 44.4 Å². The molecule has 1 atom stereocenters. The second kappa shape index (κ2) is 10.5. The van der Waals surface area contributed by atoms with E-state index in [0.717, 1.165) is 17.7 Å². The lowest BCUT2D eigenvalue weighted by atomic mass is 10.2. The maximum absolute atomic E-state index is 12.4. The van der Waals surface area contributed by atoms with Crippen molar-refractivity contribution in [2.24, 2.45) is 0 Å². The first-order chi connectivity index (χ1) is 12.6. The maximum Gasteiger partial charge on any atom is 0.265 e. The fraction of sp³-hybridized carbons (Fsp3) is 0.409. The molecule has 0 fully saturated rings. The largest absolute Gasteiger partial charge is 0.494 e. The van der Waals surface area contributed by atoms with Crippen LogP contribution in [-0.4, -0.2) is 18.6 Å². The van der Waals surface area contributed by atoms with Crippen LogP contribution in [0.2, 0.25) is 0 Å². The quantitative estimate of drug-likeness (QED) is 0.584. The molecule has 2 aromatic carbocycles. The third-order valence-electron chi connectivity index (χ3n) is 4.04. The van der Waals surface area contributed by atoms with Gasteiger partial charge in [0.2, 0.25) is 0 Å². The Hall–Kier alpha value is -2.49. The van der Waals surface area contributed by atoms with Gasteiger partial charge in [0.1, 0.15) is 11.5 Å². The molecule has 26 heavy (non-hydrogen) atoms. The Labute approximate surface area is 156 Å². The maximum atomic E-state index is 12.4. The number of anilines is 1. The van der Waals surface area contributed by atoms with Crippen LogP contribution in [0.15, 0.2) is 48.5 Å². The summed E-state index contributed by atoms with van der Waals surface area (Å²) < 4.78 is 11.5. The molecule has 2 aromatic rings. The van der Waals surface area contributed by atoms with Crippen molar-refractivity contribution in [1.29, 1.82) is 0 Å². The Morgan fingerprint density at radius 1 is 1.04 bits per heavy atom. The van der Waals surface area contributed by atoms with E-state index in [-0.39, 0.29) is 5.91 Å². The van der Waals surface area contributed by atoms with Gasteiger partial charge < -0.3 is 14.8 Å². The number of amides is 1. The summed E-state index contributed by atoms with van der Waals surface area (Å²) in [6.45, 7) is 6.62. The molecule has 1 N–H and O–H groups in total. The first-order valence-electron chi connectivity index (χ1n) is 9.35. The van der Waals surface area contributed by atoms with E-state index in [4.69, 9.17) is 9.47 Å². The van der Waals surface area contributed by atoms with Crippen LogP contribution in [0.25, 0.3) is 0 Å². The number of carbonyl (C=O) groups is 1. The van der Waals surface area contributed by atoms with E-state index in [1.807, 2.05) is 55.5 Å². The third kappa shape index (κ3) is 6.79. The lowest BCUT2D eigenvalue weighted by Gasteiger charge is -2.15. The molecule has 140 valence electrons. The monoisotopic (exact) mass is 355 g/mol. The zero-order chi connectivity index (χ0) is 18.8. The highest BCUT2D eigenvalue weighted by molar-refractivity contribution is 5.94. The standard InChI is InChI=1S/C22H29NO3/c1-4-5-6-7-14-25-20-12-9-11-19(16-20)23-22(24)18(3)26-21-13-8-10-17(2)15-21/h8-13,15-16,18H,4-7,14H2,1-3H3,(H,23,24). The van der Waals surface area contributed by atoms with Crippen molar-refractivity contribution in [3.8, 4) is 11.5 Å². The molecule has 0 aliphatic rings. The average molecular weight is 355 g/mol. The number of hydrogen-bond acceptors (Lipinski definition) is 3. The van der Waals surface area contributed by atoms with Crippen molar-refractivity contribution in [2.75, 3.05) is 11.9 Å². The Kier molecular flexibility index (Phi) is 8.00. The molecule has 0 heterocycles. The highest BCUT2D eigenvalue weighted by Gasteiger charge is 2.15. The molecule has 0 spiro atoms. The van der Waals surface area contributed by atoms with Crippen molar-refractivity contribution < 1.29 is 14.3 Å². The lowest BCUT2D eigenvalue weighted by molar-refractivity contribution is -0.122. The minimum Gasteiger partial charge on any atom is -0.494 e.